The molecular weight excluding hydrogens is 452 g/mol. The van der Waals surface area contributed by atoms with Gasteiger partial charge in [0.2, 0.25) is 11.8 Å². The smallest absolute Gasteiger partial charge is 0.305 e. The fraction of sp³-hybridized carbons (Fsp3) is 0.500. The predicted molar refractivity (Wildman–Crippen MR) is 122 cm³/mol. The van der Waals surface area contributed by atoms with Crippen molar-refractivity contribution in [1.82, 2.24) is 15.5 Å². The molecule has 2 rings (SSSR count). The summed E-state index contributed by atoms with van der Waals surface area (Å²) >= 11 is 5.98. The molecular formula is C22H29ClN4O6. The summed E-state index contributed by atoms with van der Waals surface area (Å²) in [6.07, 6.45) is 1.01. The number of carboxylic acids is 1. The van der Waals surface area contributed by atoms with E-state index < -0.39 is 53.7 Å². The van der Waals surface area contributed by atoms with Crippen LogP contribution in [0.2, 0.25) is 5.02 Å². The monoisotopic (exact) mass is 480 g/mol. The second-order valence-corrected chi connectivity index (χ2v) is 9.47. The molecule has 1 heterocycles. The van der Waals surface area contributed by atoms with Crippen molar-refractivity contribution in [2.45, 2.75) is 58.2 Å². The fourth-order valence-electron chi connectivity index (χ4n) is 3.73. The summed E-state index contributed by atoms with van der Waals surface area (Å²) < 4.78 is 0. The van der Waals surface area contributed by atoms with Gasteiger partial charge < -0.3 is 21.0 Å². The zero-order valence-electron chi connectivity index (χ0n) is 18.8. The van der Waals surface area contributed by atoms with Gasteiger partial charge in [0.15, 0.2) is 0 Å². The molecule has 1 aromatic carbocycles. The third kappa shape index (κ3) is 6.75. The van der Waals surface area contributed by atoms with Crippen LogP contribution in [0.3, 0.4) is 0 Å². The number of rotatable bonds is 8. The minimum Gasteiger partial charge on any atom is -0.481 e. The number of nitrogens with one attached hydrogen (secondary N) is 2. The third-order valence-corrected chi connectivity index (χ3v) is 5.80. The molecule has 5 N–H and O–H groups in total. The number of imide groups is 1. The molecule has 0 aliphatic carbocycles. The van der Waals surface area contributed by atoms with Gasteiger partial charge in [0.25, 0.3) is 5.91 Å². The lowest BCUT2D eigenvalue weighted by Crippen LogP contribution is -2.57. The molecule has 10 nitrogen and oxygen atoms in total. The first-order valence-corrected chi connectivity index (χ1v) is 10.9. The number of aliphatic carboxylic acids is 1. The SMILES string of the molecule is CC(C)(C)[C@H](NC(=O)c1ccc(N)c(Cl)c1)C(=O)NC(=O)[C@@H]1CCCN1[C@H](C=O)CC(=O)O. The van der Waals surface area contributed by atoms with Crippen molar-refractivity contribution in [2.24, 2.45) is 5.41 Å². The van der Waals surface area contributed by atoms with E-state index >= 15 is 0 Å². The highest BCUT2D eigenvalue weighted by Gasteiger charge is 2.39. The topological polar surface area (TPSA) is 159 Å². The molecule has 0 aromatic heterocycles. The number of hydrogen-bond acceptors (Lipinski definition) is 7. The standard InChI is InChI=1S/C22H29ClN4O6/c1-22(2,3)18(25-19(31)12-6-7-15(24)14(23)9-12)21(33)26-20(32)16-5-4-8-27(16)13(11-28)10-17(29)30/h6-7,9,11,13,16,18H,4-5,8,10,24H2,1-3H3,(H,25,31)(H,29,30)(H,26,32,33)/t13-,16-,18+/m0/s1. The molecule has 1 aliphatic heterocycles. The number of carbonyl (C=O) groups is 5. The number of carboxylic acid groups (broad SMARTS) is 1. The van der Waals surface area contributed by atoms with Crippen molar-refractivity contribution in [2.75, 3.05) is 12.3 Å². The predicted octanol–water partition coefficient (Wildman–Crippen LogP) is 1.22. The molecule has 0 bridgehead atoms. The maximum Gasteiger partial charge on any atom is 0.305 e. The zero-order valence-corrected chi connectivity index (χ0v) is 19.5. The first kappa shape index (κ1) is 26.3. The maximum absolute atomic E-state index is 13.0. The fourth-order valence-corrected chi connectivity index (χ4v) is 3.91. The van der Waals surface area contributed by atoms with Gasteiger partial charge >= 0.3 is 5.97 Å². The Hall–Kier alpha value is -2.98. The van der Waals surface area contributed by atoms with Gasteiger partial charge in [-0.1, -0.05) is 32.4 Å². The molecule has 1 aromatic rings. The molecule has 11 heteroatoms. The van der Waals surface area contributed by atoms with Gasteiger partial charge in [-0.05, 0) is 43.0 Å². The average molecular weight is 481 g/mol. The summed E-state index contributed by atoms with van der Waals surface area (Å²) in [7, 11) is 0. The van der Waals surface area contributed by atoms with E-state index in [1.807, 2.05) is 0 Å². The van der Waals surface area contributed by atoms with Crippen LogP contribution in [0, 0.1) is 5.41 Å². The van der Waals surface area contributed by atoms with Gasteiger partial charge in [0.1, 0.15) is 12.3 Å². The van der Waals surface area contributed by atoms with Gasteiger partial charge in [-0.3, -0.25) is 29.4 Å². The van der Waals surface area contributed by atoms with Crippen LogP contribution in [0.1, 0.15) is 50.4 Å². The van der Waals surface area contributed by atoms with Crippen LogP contribution in [0.15, 0.2) is 18.2 Å². The molecule has 0 spiro atoms. The second kappa shape index (κ2) is 10.8. The number of nitrogens with two attached hydrogens (primary N) is 1. The van der Waals surface area contributed by atoms with Gasteiger partial charge in [-0.15, -0.1) is 0 Å². The molecule has 1 aliphatic rings. The lowest BCUT2D eigenvalue weighted by atomic mass is 9.85. The summed E-state index contributed by atoms with van der Waals surface area (Å²) in [6, 6.07) is 1.47. The third-order valence-electron chi connectivity index (χ3n) is 5.48. The Bertz CT molecular complexity index is 945. The van der Waals surface area contributed by atoms with Crippen molar-refractivity contribution in [3.63, 3.8) is 0 Å². The molecule has 1 saturated heterocycles. The van der Waals surface area contributed by atoms with E-state index in [2.05, 4.69) is 10.6 Å². The van der Waals surface area contributed by atoms with Gasteiger partial charge in [-0.25, -0.2) is 0 Å². The van der Waals surface area contributed by atoms with Crippen LogP contribution in [0.4, 0.5) is 5.69 Å². The molecule has 3 amide bonds. The minimum absolute atomic E-state index is 0.196. The lowest BCUT2D eigenvalue weighted by molar-refractivity contribution is -0.142. The van der Waals surface area contributed by atoms with E-state index in [0.717, 1.165) is 0 Å². The number of likely N-dealkylation sites (tertiary alicyclic amines) is 1. The lowest BCUT2D eigenvalue weighted by Gasteiger charge is -2.32. The summed E-state index contributed by atoms with van der Waals surface area (Å²) in [4.78, 5) is 62.5. The van der Waals surface area contributed by atoms with Crippen molar-refractivity contribution in [1.29, 1.82) is 0 Å². The molecule has 0 saturated carbocycles. The van der Waals surface area contributed by atoms with Crippen LogP contribution in [-0.2, 0) is 19.2 Å². The van der Waals surface area contributed by atoms with Crippen molar-refractivity contribution in [3.05, 3.63) is 28.8 Å². The normalized spacial score (nSPS) is 18.2. The Morgan fingerprint density at radius 1 is 1.30 bits per heavy atom. The van der Waals surface area contributed by atoms with E-state index in [-0.39, 0.29) is 10.6 Å². The molecule has 3 atom stereocenters. The van der Waals surface area contributed by atoms with Gasteiger partial charge in [0.05, 0.1) is 29.2 Å². The number of anilines is 1. The molecule has 0 unspecified atom stereocenters. The second-order valence-electron chi connectivity index (χ2n) is 9.06. The largest absolute Gasteiger partial charge is 0.481 e. The number of amides is 3. The Kier molecular flexibility index (Phi) is 8.57. The summed E-state index contributed by atoms with van der Waals surface area (Å²) in [5, 5.41) is 14.2. The molecule has 1 fully saturated rings. The highest BCUT2D eigenvalue weighted by atomic mass is 35.5. The Morgan fingerprint density at radius 3 is 2.52 bits per heavy atom. The number of carbonyl (C=O) groups excluding carboxylic acids is 4. The van der Waals surface area contributed by atoms with Crippen molar-refractivity contribution < 1.29 is 29.1 Å². The minimum atomic E-state index is -1.16. The average Bonchev–Trinajstić information content (AvgIpc) is 3.20. The van der Waals surface area contributed by atoms with E-state index in [9.17, 15) is 24.0 Å². The summed E-state index contributed by atoms with van der Waals surface area (Å²) in [5.41, 5.74) is 5.43. The first-order chi connectivity index (χ1) is 15.3. The van der Waals surface area contributed by atoms with Crippen LogP contribution in [0.5, 0.6) is 0 Å². The van der Waals surface area contributed by atoms with Crippen molar-refractivity contribution >= 4 is 47.3 Å². The molecule has 180 valence electrons. The van der Waals surface area contributed by atoms with E-state index in [0.29, 0.717) is 31.4 Å². The summed E-state index contributed by atoms with van der Waals surface area (Å²) in [5.74, 6) is -3.08. The molecule has 33 heavy (non-hydrogen) atoms. The quantitative estimate of drug-likeness (QED) is 0.319. The Balaban J connectivity index is 2.15. The number of nitrogens with zero attached hydrogens (tertiary/aromatic N) is 1. The van der Waals surface area contributed by atoms with E-state index in [4.69, 9.17) is 22.4 Å². The first-order valence-electron chi connectivity index (χ1n) is 10.5. The number of halogens is 1. The highest BCUT2D eigenvalue weighted by Crippen LogP contribution is 2.24. The van der Waals surface area contributed by atoms with E-state index in [1.165, 1.54) is 23.1 Å². The summed E-state index contributed by atoms with van der Waals surface area (Å²) in [6.45, 7) is 5.56. The van der Waals surface area contributed by atoms with Gasteiger partial charge in [0, 0.05) is 5.56 Å². The van der Waals surface area contributed by atoms with Crippen LogP contribution in [0.25, 0.3) is 0 Å². The van der Waals surface area contributed by atoms with Crippen molar-refractivity contribution in [3.8, 4) is 0 Å². The molecule has 0 radical (unpaired) electrons. The Morgan fingerprint density at radius 2 is 1.97 bits per heavy atom. The number of nitrogen functional groups attached to an aromatic ring is 1. The van der Waals surface area contributed by atoms with Gasteiger partial charge in [-0.2, -0.15) is 0 Å². The number of benzene rings is 1. The van der Waals surface area contributed by atoms with E-state index in [1.54, 1.807) is 20.8 Å². The van der Waals surface area contributed by atoms with Crippen LogP contribution >= 0.6 is 11.6 Å². The highest BCUT2D eigenvalue weighted by molar-refractivity contribution is 6.33. The maximum atomic E-state index is 13.0. The van der Waals surface area contributed by atoms with Crippen LogP contribution < -0.4 is 16.4 Å². The van der Waals surface area contributed by atoms with Crippen LogP contribution in [-0.4, -0.2) is 64.7 Å². The number of aldehydes is 1. The number of hydrogen-bond donors (Lipinski definition) is 4. The Labute approximate surface area is 196 Å². The zero-order chi connectivity index (χ0) is 24.9.